The molecule has 2 unspecified atom stereocenters. The Morgan fingerprint density at radius 3 is 2.90 bits per heavy atom. The van der Waals surface area contributed by atoms with E-state index < -0.39 is 0 Å². The van der Waals surface area contributed by atoms with Crippen molar-refractivity contribution in [2.24, 2.45) is 0 Å². The van der Waals surface area contributed by atoms with E-state index in [1.54, 1.807) is 0 Å². The zero-order valence-electron chi connectivity index (χ0n) is 13.4. The Morgan fingerprint density at radius 1 is 1.33 bits per heavy atom. The van der Waals surface area contributed by atoms with E-state index in [0.29, 0.717) is 25.4 Å². The molecule has 6 nitrogen and oxygen atoms in total. The van der Waals surface area contributed by atoms with E-state index >= 15 is 0 Å². The number of morpholine rings is 2. The smallest absolute Gasteiger partial charge is 0.153 e. The van der Waals surface area contributed by atoms with Crippen LogP contribution in [0.25, 0.3) is 0 Å². The largest absolute Gasteiger partial charge is 0.377 e. The molecule has 0 amide bonds. The summed E-state index contributed by atoms with van der Waals surface area (Å²) in [5, 5.41) is 8.34. The molecule has 3 aliphatic heterocycles. The van der Waals surface area contributed by atoms with Gasteiger partial charge in [-0.05, 0) is 19.8 Å². The number of hydrogen-bond donors (Lipinski definition) is 0. The van der Waals surface area contributed by atoms with Crippen LogP contribution < -0.4 is 9.80 Å². The van der Waals surface area contributed by atoms with E-state index in [4.69, 9.17) is 10.8 Å². The van der Waals surface area contributed by atoms with Crippen molar-refractivity contribution in [2.75, 3.05) is 42.6 Å². The van der Waals surface area contributed by atoms with E-state index in [-0.39, 0.29) is 12.2 Å². The second-order valence-corrected chi connectivity index (χ2v) is 6.18. The fourth-order valence-corrected chi connectivity index (χ4v) is 3.50. The Balaban J connectivity index is 1.60. The molecule has 4 heterocycles. The fourth-order valence-electron chi connectivity index (χ4n) is 3.50. The molecule has 0 aliphatic carbocycles. The first kappa shape index (κ1) is 12.2. The van der Waals surface area contributed by atoms with Crippen LogP contribution in [0.3, 0.4) is 0 Å². The van der Waals surface area contributed by atoms with Crippen LogP contribution in [0.15, 0.2) is 12.2 Å². The van der Waals surface area contributed by atoms with Crippen molar-refractivity contribution in [1.82, 2.24) is 10.2 Å². The number of aromatic nitrogens is 2. The highest BCUT2D eigenvalue weighted by Gasteiger charge is 2.34. The zero-order chi connectivity index (χ0) is 15.1. The SMILES string of the molecule is [2H]c1nnc(N2CC3CCC(C2)O3)cc1N1CCOC[C@H]1C. The van der Waals surface area contributed by atoms with Gasteiger partial charge in [0.15, 0.2) is 5.82 Å². The summed E-state index contributed by atoms with van der Waals surface area (Å²) in [6.45, 7) is 6.06. The number of ether oxygens (including phenoxy) is 2. The first-order valence-corrected chi connectivity index (χ1v) is 7.80. The second-order valence-electron chi connectivity index (χ2n) is 6.18. The number of anilines is 2. The summed E-state index contributed by atoms with van der Waals surface area (Å²) < 4.78 is 19.5. The molecule has 0 N–H and O–H groups in total. The normalized spacial score (nSPS) is 33.2. The van der Waals surface area contributed by atoms with Crippen LogP contribution >= 0.6 is 0 Å². The fraction of sp³-hybridized carbons (Fsp3) is 0.733. The molecule has 1 aromatic rings. The van der Waals surface area contributed by atoms with E-state index in [0.717, 1.165) is 44.0 Å². The summed E-state index contributed by atoms with van der Waals surface area (Å²) in [4.78, 5) is 4.46. The summed E-state index contributed by atoms with van der Waals surface area (Å²) in [7, 11) is 0. The Morgan fingerprint density at radius 2 is 2.14 bits per heavy atom. The Kier molecular flexibility index (Phi) is 3.14. The molecule has 0 saturated carbocycles. The summed E-state index contributed by atoms with van der Waals surface area (Å²) in [5.74, 6) is 0.866. The Bertz CT molecular complexity index is 546. The highest BCUT2D eigenvalue weighted by Crippen LogP contribution is 2.30. The van der Waals surface area contributed by atoms with Crippen LogP contribution in [0.4, 0.5) is 11.5 Å². The number of nitrogens with zero attached hydrogens (tertiary/aromatic N) is 4. The molecule has 3 atom stereocenters. The maximum absolute atomic E-state index is 8.10. The minimum Gasteiger partial charge on any atom is -0.377 e. The van der Waals surface area contributed by atoms with Gasteiger partial charge in [0.25, 0.3) is 0 Å². The Labute approximate surface area is 126 Å². The predicted molar refractivity (Wildman–Crippen MR) is 79.8 cm³/mol. The third kappa shape index (κ3) is 2.58. The first-order chi connectivity index (χ1) is 10.7. The first-order valence-electron chi connectivity index (χ1n) is 8.30. The van der Waals surface area contributed by atoms with Crippen LogP contribution in [-0.2, 0) is 9.47 Å². The van der Waals surface area contributed by atoms with Crippen molar-refractivity contribution in [1.29, 1.82) is 0 Å². The van der Waals surface area contributed by atoms with Gasteiger partial charge in [0.1, 0.15) is 0 Å². The molecule has 0 radical (unpaired) electrons. The maximum atomic E-state index is 8.10. The van der Waals surface area contributed by atoms with Gasteiger partial charge in [-0.3, -0.25) is 0 Å². The lowest BCUT2D eigenvalue weighted by molar-refractivity contribution is 0.0302. The van der Waals surface area contributed by atoms with E-state index in [1.807, 2.05) is 6.07 Å². The summed E-state index contributed by atoms with van der Waals surface area (Å²) in [5.41, 5.74) is 0.861. The highest BCUT2D eigenvalue weighted by molar-refractivity contribution is 5.54. The third-order valence-corrected chi connectivity index (χ3v) is 4.63. The number of rotatable bonds is 2. The molecule has 114 valence electrons. The standard InChI is InChI=1S/C15H22N4O2/c1-11-10-20-5-4-19(11)12-6-15(17-16-7-12)18-8-13-2-3-14(9-18)21-13/h6-7,11,13-14H,2-5,8-10H2,1H3/t11-,13?,14?/m1/s1/i7D. The molecular weight excluding hydrogens is 268 g/mol. The lowest BCUT2D eigenvalue weighted by atomic mass is 10.2. The minimum atomic E-state index is 0.244. The molecular formula is C15H22N4O2. The van der Waals surface area contributed by atoms with Crippen molar-refractivity contribution >= 4 is 11.5 Å². The summed E-state index contributed by atoms with van der Waals surface area (Å²) in [6, 6.07) is 2.28. The highest BCUT2D eigenvalue weighted by atomic mass is 16.5. The monoisotopic (exact) mass is 291 g/mol. The predicted octanol–water partition coefficient (Wildman–Crippen LogP) is 1.07. The lowest BCUT2D eigenvalue weighted by Crippen LogP contribution is -2.45. The van der Waals surface area contributed by atoms with Crippen LogP contribution in [0.5, 0.6) is 0 Å². The van der Waals surface area contributed by atoms with Gasteiger partial charge in [-0.2, -0.15) is 5.10 Å². The molecule has 21 heavy (non-hydrogen) atoms. The van der Waals surface area contributed by atoms with Crippen molar-refractivity contribution < 1.29 is 10.8 Å². The van der Waals surface area contributed by atoms with Crippen molar-refractivity contribution in [3.63, 3.8) is 0 Å². The van der Waals surface area contributed by atoms with Crippen molar-refractivity contribution in [3.8, 4) is 0 Å². The van der Waals surface area contributed by atoms with Gasteiger partial charge < -0.3 is 19.3 Å². The molecule has 3 saturated heterocycles. The van der Waals surface area contributed by atoms with Crippen LogP contribution in [0, 0.1) is 0 Å². The van der Waals surface area contributed by atoms with Gasteiger partial charge in [-0.1, -0.05) is 0 Å². The van der Waals surface area contributed by atoms with Gasteiger partial charge in [0, 0.05) is 31.7 Å². The molecule has 0 spiro atoms. The minimum absolute atomic E-state index is 0.244. The third-order valence-electron chi connectivity index (χ3n) is 4.63. The summed E-state index contributed by atoms with van der Waals surface area (Å²) >= 11 is 0. The number of hydrogen-bond acceptors (Lipinski definition) is 6. The van der Waals surface area contributed by atoms with Crippen molar-refractivity contribution in [2.45, 2.75) is 38.0 Å². The summed E-state index contributed by atoms with van der Waals surface area (Å²) in [6.07, 6.45) is 3.16. The average molecular weight is 291 g/mol. The molecule has 1 aromatic heterocycles. The van der Waals surface area contributed by atoms with Gasteiger partial charge in [-0.25, -0.2) is 0 Å². The molecule has 4 rings (SSSR count). The molecule has 6 heteroatoms. The van der Waals surface area contributed by atoms with Gasteiger partial charge in [0.2, 0.25) is 0 Å². The van der Waals surface area contributed by atoms with Gasteiger partial charge >= 0.3 is 0 Å². The molecule has 0 aromatic carbocycles. The van der Waals surface area contributed by atoms with Crippen LogP contribution in [0.1, 0.15) is 21.1 Å². The lowest BCUT2D eigenvalue weighted by Gasteiger charge is -2.36. The van der Waals surface area contributed by atoms with E-state index in [1.165, 1.54) is 0 Å². The van der Waals surface area contributed by atoms with Gasteiger partial charge in [-0.15, -0.1) is 5.10 Å². The van der Waals surface area contributed by atoms with Crippen LogP contribution in [0.2, 0.25) is 0 Å². The topological polar surface area (TPSA) is 50.7 Å². The average Bonchev–Trinajstić information content (AvgIpc) is 2.87. The molecule has 3 aliphatic rings. The zero-order valence-corrected chi connectivity index (χ0v) is 12.4. The number of fused-ring (bicyclic) bond motifs is 2. The maximum Gasteiger partial charge on any atom is 0.153 e. The molecule has 3 fully saturated rings. The quantitative estimate of drug-likeness (QED) is 0.812. The van der Waals surface area contributed by atoms with Gasteiger partial charge in [0.05, 0.1) is 38.7 Å². The van der Waals surface area contributed by atoms with E-state index in [2.05, 4.69) is 26.9 Å². The second kappa shape index (κ2) is 5.42. The Hall–Kier alpha value is -1.40. The van der Waals surface area contributed by atoms with Crippen molar-refractivity contribution in [3.05, 3.63) is 12.2 Å². The van der Waals surface area contributed by atoms with Crippen LogP contribution in [-0.4, -0.2) is 61.3 Å². The van der Waals surface area contributed by atoms with E-state index in [9.17, 15) is 0 Å². The molecule has 2 bridgehead atoms.